The predicted molar refractivity (Wildman–Crippen MR) is 128 cm³/mol. The summed E-state index contributed by atoms with van der Waals surface area (Å²) in [7, 11) is -4.28. The Bertz CT molecular complexity index is 1150. The summed E-state index contributed by atoms with van der Waals surface area (Å²) >= 11 is 6.16. The van der Waals surface area contributed by atoms with Crippen LogP contribution < -0.4 is 5.43 Å². The quantitative estimate of drug-likeness (QED) is 0.286. The molecule has 2 aromatic carbocycles. The van der Waals surface area contributed by atoms with Crippen molar-refractivity contribution in [1.82, 2.24) is 10.4 Å². The normalized spacial score (nSPS) is 16.4. The van der Waals surface area contributed by atoms with Crippen molar-refractivity contribution >= 4 is 27.6 Å². The molecule has 2 N–H and O–H groups in total. The summed E-state index contributed by atoms with van der Waals surface area (Å²) in [5.41, 5.74) is 5.98. The minimum atomic E-state index is -4.28. The highest BCUT2D eigenvalue weighted by Crippen LogP contribution is 2.21. The third kappa shape index (κ3) is 6.96. The highest BCUT2D eigenvalue weighted by atomic mass is 35.5. The van der Waals surface area contributed by atoms with Gasteiger partial charge in [-0.05, 0) is 49.9 Å². The molecule has 10 heteroatoms. The van der Waals surface area contributed by atoms with Crippen LogP contribution >= 0.6 is 11.6 Å². The standard InChI is InChI=1S/C24H29ClN2O6S/c1-16(2)27-13-21(23(25)24(28)26-27)33-15-19-7-5-18(6-8-19)14-32-11-10-20-12-17(3)4-9-22(20)34(29,30)31/h4-9,12-13,16,23H,10-11,14-15H2,1-3H3,(H,26,28)(H,29,30,31). The molecule has 8 nitrogen and oxygen atoms in total. The van der Waals surface area contributed by atoms with E-state index < -0.39 is 15.5 Å². The fourth-order valence-corrected chi connectivity index (χ4v) is 4.26. The lowest BCUT2D eigenvalue weighted by atomic mass is 10.1. The Morgan fingerprint density at radius 2 is 1.76 bits per heavy atom. The van der Waals surface area contributed by atoms with Gasteiger partial charge in [0.15, 0.2) is 5.38 Å². The summed E-state index contributed by atoms with van der Waals surface area (Å²) in [6.45, 7) is 6.66. The van der Waals surface area contributed by atoms with Gasteiger partial charge in [0.1, 0.15) is 12.4 Å². The van der Waals surface area contributed by atoms with Crippen molar-refractivity contribution in [3.05, 3.63) is 76.7 Å². The first-order valence-corrected chi connectivity index (χ1v) is 12.7. The van der Waals surface area contributed by atoms with E-state index in [2.05, 4.69) is 5.43 Å². The van der Waals surface area contributed by atoms with Gasteiger partial charge < -0.3 is 9.47 Å². The number of rotatable bonds is 10. The number of benzene rings is 2. The largest absolute Gasteiger partial charge is 0.490 e. The zero-order valence-corrected chi connectivity index (χ0v) is 20.9. The average Bonchev–Trinajstić information content (AvgIpc) is 2.77. The van der Waals surface area contributed by atoms with Crippen LogP contribution in [0.5, 0.6) is 0 Å². The first-order chi connectivity index (χ1) is 16.0. The van der Waals surface area contributed by atoms with Crippen LogP contribution in [0.2, 0.25) is 0 Å². The molecule has 0 saturated heterocycles. The maximum Gasteiger partial charge on any atom is 0.294 e. The van der Waals surface area contributed by atoms with Crippen molar-refractivity contribution in [2.45, 2.75) is 56.7 Å². The molecule has 3 rings (SSSR count). The predicted octanol–water partition coefficient (Wildman–Crippen LogP) is 3.72. The number of amides is 1. The maximum atomic E-state index is 12.0. The molecule has 34 heavy (non-hydrogen) atoms. The van der Waals surface area contributed by atoms with Crippen molar-refractivity contribution in [2.24, 2.45) is 0 Å². The smallest absolute Gasteiger partial charge is 0.294 e. The summed E-state index contributed by atoms with van der Waals surface area (Å²) in [6.07, 6.45) is 2.06. The molecule has 1 heterocycles. The molecule has 2 aromatic rings. The molecule has 0 spiro atoms. The molecule has 1 unspecified atom stereocenters. The van der Waals surface area contributed by atoms with Crippen LogP contribution in [0.4, 0.5) is 0 Å². The van der Waals surface area contributed by atoms with Gasteiger partial charge in [-0.3, -0.25) is 19.8 Å². The SMILES string of the molecule is Cc1ccc(S(=O)(=O)O)c(CCOCc2ccc(COC3=CN(C(C)C)NC(=O)C3Cl)cc2)c1. The zero-order chi connectivity index (χ0) is 24.9. The molecular weight excluding hydrogens is 480 g/mol. The van der Waals surface area contributed by atoms with Gasteiger partial charge in [0.05, 0.1) is 24.3 Å². The topological polar surface area (TPSA) is 105 Å². The van der Waals surface area contributed by atoms with E-state index in [0.29, 0.717) is 31.0 Å². The molecule has 0 aromatic heterocycles. The number of hydrogen-bond donors (Lipinski definition) is 2. The van der Waals surface area contributed by atoms with Crippen molar-refractivity contribution < 1.29 is 27.2 Å². The highest BCUT2D eigenvalue weighted by molar-refractivity contribution is 7.85. The summed E-state index contributed by atoms with van der Waals surface area (Å²) in [4.78, 5) is 11.9. The molecule has 0 bridgehead atoms. The highest BCUT2D eigenvalue weighted by Gasteiger charge is 2.29. The van der Waals surface area contributed by atoms with Crippen LogP contribution in [0.3, 0.4) is 0 Å². The Morgan fingerprint density at radius 3 is 2.38 bits per heavy atom. The Hall–Kier alpha value is -2.59. The van der Waals surface area contributed by atoms with Gasteiger partial charge in [-0.25, -0.2) is 0 Å². The first kappa shape index (κ1) is 26.0. The van der Waals surface area contributed by atoms with E-state index in [1.54, 1.807) is 23.3 Å². The van der Waals surface area contributed by atoms with Gasteiger partial charge in [0.2, 0.25) is 0 Å². The van der Waals surface area contributed by atoms with Gasteiger partial charge in [0, 0.05) is 6.04 Å². The van der Waals surface area contributed by atoms with E-state index >= 15 is 0 Å². The second-order valence-electron chi connectivity index (χ2n) is 8.37. The van der Waals surface area contributed by atoms with E-state index in [4.69, 9.17) is 21.1 Å². The summed E-state index contributed by atoms with van der Waals surface area (Å²) < 4.78 is 44.0. The Balaban J connectivity index is 1.50. The molecule has 0 radical (unpaired) electrons. The lowest BCUT2D eigenvalue weighted by molar-refractivity contribution is -0.126. The van der Waals surface area contributed by atoms with Crippen molar-refractivity contribution in [2.75, 3.05) is 6.61 Å². The third-order valence-corrected chi connectivity index (χ3v) is 6.62. The molecule has 0 saturated carbocycles. The van der Waals surface area contributed by atoms with E-state index in [1.807, 2.05) is 45.0 Å². The number of carbonyl (C=O) groups excluding carboxylic acids is 1. The fourth-order valence-electron chi connectivity index (χ4n) is 3.36. The van der Waals surface area contributed by atoms with Crippen molar-refractivity contribution in [3.63, 3.8) is 0 Å². The average molecular weight is 509 g/mol. The second kappa shape index (κ2) is 11.2. The molecule has 1 aliphatic heterocycles. The summed E-state index contributed by atoms with van der Waals surface area (Å²) in [6, 6.07) is 12.5. The minimum absolute atomic E-state index is 0.0662. The zero-order valence-electron chi connectivity index (χ0n) is 19.3. The number of nitrogens with one attached hydrogen (secondary N) is 1. The van der Waals surface area contributed by atoms with Crippen LogP contribution in [0.1, 0.15) is 36.1 Å². The number of hydrazine groups is 1. The number of nitrogens with zero attached hydrogens (tertiary/aromatic N) is 1. The number of alkyl halides is 1. The van der Waals surface area contributed by atoms with E-state index in [1.165, 1.54) is 6.07 Å². The second-order valence-corrected chi connectivity index (χ2v) is 10.2. The van der Waals surface area contributed by atoms with Crippen LogP contribution in [0, 0.1) is 6.92 Å². The van der Waals surface area contributed by atoms with Gasteiger partial charge in [0.25, 0.3) is 16.0 Å². The molecule has 1 amide bonds. The lowest BCUT2D eigenvalue weighted by Crippen LogP contribution is -2.50. The number of ether oxygens (including phenoxy) is 2. The number of aryl methyl sites for hydroxylation is 1. The summed E-state index contributed by atoms with van der Waals surface area (Å²) in [5, 5.41) is 0.782. The number of hydrogen-bond acceptors (Lipinski definition) is 6. The van der Waals surface area contributed by atoms with Crippen molar-refractivity contribution in [3.8, 4) is 0 Å². The van der Waals surface area contributed by atoms with Crippen LogP contribution in [-0.2, 0) is 44.0 Å². The molecule has 184 valence electrons. The third-order valence-electron chi connectivity index (χ3n) is 5.25. The van der Waals surface area contributed by atoms with Gasteiger partial charge in [-0.15, -0.1) is 11.6 Å². The van der Waals surface area contributed by atoms with E-state index in [9.17, 15) is 17.8 Å². The molecule has 0 aliphatic carbocycles. The van der Waals surface area contributed by atoms with Crippen LogP contribution in [0.15, 0.2) is 59.3 Å². The van der Waals surface area contributed by atoms with Gasteiger partial charge >= 0.3 is 0 Å². The Kier molecular flexibility index (Phi) is 8.59. The van der Waals surface area contributed by atoms with Crippen LogP contribution in [-0.4, -0.2) is 41.9 Å². The Labute approximate surface area is 205 Å². The minimum Gasteiger partial charge on any atom is -0.490 e. The van der Waals surface area contributed by atoms with Gasteiger partial charge in [-0.1, -0.05) is 42.0 Å². The molecule has 1 atom stereocenters. The van der Waals surface area contributed by atoms with Crippen LogP contribution in [0.25, 0.3) is 0 Å². The van der Waals surface area contributed by atoms with E-state index in [-0.39, 0.29) is 23.5 Å². The lowest BCUT2D eigenvalue weighted by Gasteiger charge is -2.32. The number of carbonyl (C=O) groups is 1. The van der Waals surface area contributed by atoms with E-state index in [0.717, 1.165) is 16.7 Å². The molecular formula is C24H29ClN2O6S. The maximum absolute atomic E-state index is 12.0. The fraction of sp³-hybridized carbons (Fsp3) is 0.375. The molecule has 0 fully saturated rings. The Morgan fingerprint density at radius 1 is 1.12 bits per heavy atom. The summed E-state index contributed by atoms with van der Waals surface area (Å²) in [5.74, 6) is 0.0710. The van der Waals surface area contributed by atoms with Gasteiger partial charge in [-0.2, -0.15) is 8.42 Å². The number of halogens is 1. The molecule has 1 aliphatic rings. The monoisotopic (exact) mass is 508 g/mol. The van der Waals surface area contributed by atoms with Crippen molar-refractivity contribution in [1.29, 1.82) is 0 Å². The first-order valence-electron chi connectivity index (χ1n) is 10.8.